The summed E-state index contributed by atoms with van der Waals surface area (Å²) in [6.07, 6.45) is 0.346. The van der Waals surface area contributed by atoms with Crippen molar-refractivity contribution in [1.82, 2.24) is 10.3 Å². The second-order valence-electron chi connectivity index (χ2n) is 4.37. The minimum absolute atomic E-state index is 0.0437. The Balaban J connectivity index is 1.93. The third-order valence-corrected chi connectivity index (χ3v) is 4.58. The van der Waals surface area contributed by atoms with Gasteiger partial charge < -0.3 is 15.2 Å². The molecule has 0 aromatic carbocycles. The number of thiophene rings is 1. The van der Waals surface area contributed by atoms with Crippen molar-refractivity contribution in [3.8, 4) is 5.75 Å². The second-order valence-corrected chi connectivity index (χ2v) is 6.57. The Kier molecular flexibility index (Phi) is 5.61. The fourth-order valence-electron chi connectivity index (χ4n) is 1.72. The van der Waals surface area contributed by atoms with Gasteiger partial charge in [-0.1, -0.05) is 0 Å². The summed E-state index contributed by atoms with van der Waals surface area (Å²) in [4.78, 5) is 27.4. The largest absolute Gasteiger partial charge is 0.476 e. The molecule has 0 fully saturated rings. The number of carboxylic acid groups (broad SMARTS) is 1. The topological polar surface area (TPSA) is 88.5 Å². The molecule has 2 N–H and O–H groups in total. The van der Waals surface area contributed by atoms with Crippen molar-refractivity contribution in [2.75, 3.05) is 6.54 Å². The van der Waals surface area contributed by atoms with Gasteiger partial charge in [0, 0.05) is 23.2 Å². The molecule has 0 unspecified atom stereocenters. The molecule has 0 bridgehead atoms. The number of halogens is 2. The fourth-order valence-corrected chi connectivity index (χ4v) is 3.35. The summed E-state index contributed by atoms with van der Waals surface area (Å²) in [5, 5.41) is 13.3. The van der Waals surface area contributed by atoms with Crippen LogP contribution in [0.3, 0.4) is 0 Å². The Labute approximate surface area is 137 Å². The Morgan fingerprint density at radius 2 is 2.22 bits per heavy atom. The van der Waals surface area contributed by atoms with Gasteiger partial charge in [-0.2, -0.15) is 8.78 Å². The van der Waals surface area contributed by atoms with Crippen LogP contribution in [0.5, 0.6) is 5.75 Å². The summed E-state index contributed by atoms with van der Waals surface area (Å²) >= 11 is 2.23. The van der Waals surface area contributed by atoms with Gasteiger partial charge in [-0.05, 0) is 13.0 Å². The summed E-state index contributed by atoms with van der Waals surface area (Å²) in [6, 6.07) is 1.38. The first-order chi connectivity index (χ1) is 10.9. The first-order valence-electron chi connectivity index (χ1n) is 6.38. The zero-order chi connectivity index (χ0) is 17.0. The lowest BCUT2D eigenvalue weighted by atomic mass is 10.3. The van der Waals surface area contributed by atoms with Crippen LogP contribution in [0.25, 0.3) is 0 Å². The first-order valence-corrected chi connectivity index (χ1v) is 8.07. The molecule has 2 aromatic rings. The molecule has 0 saturated carbocycles. The normalized spacial score (nSPS) is 10.8. The van der Waals surface area contributed by atoms with Crippen molar-refractivity contribution in [2.45, 2.75) is 20.0 Å². The number of hydrogen-bond acceptors (Lipinski definition) is 6. The molecule has 0 atom stereocenters. The van der Waals surface area contributed by atoms with Gasteiger partial charge in [0.15, 0.2) is 5.69 Å². The number of amides is 1. The number of alkyl halides is 2. The molecule has 0 spiro atoms. The molecule has 23 heavy (non-hydrogen) atoms. The highest BCUT2D eigenvalue weighted by Gasteiger charge is 2.19. The van der Waals surface area contributed by atoms with Crippen LogP contribution in [0, 0.1) is 6.92 Å². The van der Waals surface area contributed by atoms with Crippen LogP contribution in [-0.4, -0.2) is 35.1 Å². The van der Waals surface area contributed by atoms with E-state index in [1.54, 1.807) is 6.92 Å². The Bertz CT molecular complexity index is 715. The zero-order valence-electron chi connectivity index (χ0n) is 11.8. The maximum atomic E-state index is 12.3. The van der Waals surface area contributed by atoms with E-state index in [-0.39, 0.29) is 22.9 Å². The van der Waals surface area contributed by atoms with Crippen LogP contribution in [0.4, 0.5) is 8.78 Å². The monoisotopic (exact) mass is 362 g/mol. The number of nitrogens with zero attached hydrogens (tertiary/aromatic N) is 1. The lowest BCUT2D eigenvalue weighted by molar-refractivity contribution is -0.0498. The molecule has 0 saturated heterocycles. The van der Waals surface area contributed by atoms with Gasteiger partial charge in [0.25, 0.3) is 5.91 Å². The van der Waals surface area contributed by atoms with E-state index < -0.39 is 18.5 Å². The average molecular weight is 362 g/mol. The fraction of sp³-hybridized carbons (Fsp3) is 0.308. The SMILES string of the molecule is Cc1cc(OC(F)F)c(C(=O)NCCc2nc(C(=O)O)cs2)s1. The van der Waals surface area contributed by atoms with Gasteiger partial charge in [0.1, 0.15) is 10.6 Å². The number of nitrogens with one attached hydrogen (secondary N) is 1. The number of aromatic carboxylic acids is 1. The van der Waals surface area contributed by atoms with E-state index in [0.29, 0.717) is 16.3 Å². The second kappa shape index (κ2) is 7.47. The molecule has 124 valence electrons. The van der Waals surface area contributed by atoms with Crippen LogP contribution < -0.4 is 10.1 Å². The maximum absolute atomic E-state index is 12.3. The molecular formula is C13H12F2N2O4S2. The van der Waals surface area contributed by atoms with E-state index in [2.05, 4.69) is 15.0 Å². The smallest absolute Gasteiger partial charge is 0.387 e. The third-order valence-electron chi connectivity index (χ3n) is 2.64. The van der Waals surface area contributed by atoms with Crippen molar-refractivity contribution < 1.29 is 28.2 Å². The molecule has 0 aliphatic rings. The van der Waals surface area contributed by atoms with E-state index in [1.165, 1.54) is 22.8 Å². The third kappa shape index (κ3) is 4.70. The van der Waals surface area contributed by atoms with Gasteiger partial charge in [-0.3, -0.25) is 4.79 Å². The lowest BCUT2D eigenvalue weighted by Crippen LogP contribution is -2.25. The summed E-state index contributed by atoms with van der Waals surface area (Å²) in [5.41, 5.74) is -0.0437. The number of aromatic nitrogens is 1. The van der Waals surface area contributed by atoms with E-state index >= 15 is 0 Å². The van der Waals surface area contributed by atoms with Gasteiger partial charge >= 0.3 is 12.6 Å². The number of rotatable bonds is 7. The molecule has 2 rings (SSSR count). The minimum Gasteiger partial charge on any atom is -0.476 e. The highest BCUT2D eigenvalue weighted by Crippen LogP contribution is 2.30. The van der Waals surface area contributed by atoms with E-state index in [4.69, 9.17) is 5.11 Å². The highest BCUT2D eigenvalue weighted by molar-refractivity contribution is 7.14. The van der Waals surface area contributed by atoms with E-state index in [9.17, 15) is 18.4 Å². The summed E-state index contributed by atoms with van der Waals surface area (Å²) in [5.74, 6) is -1.78. The Morgan fingerprint density at radius 1 is 1.48 bits per heavy atom. The number of thiazole rings is 1. The number of hydrogen-bond donors (Lipinski definition) is 2. The van der Waals surface area contributed by atoms with Crippen LogP contribution in [0.1, 0.15) is 30.0 Å². The summed E-state index contributed by atoms with van der Waals surface area (Å²) in [7, 11) is 0. The number of carbonyl (C=O) groups excluding carboxylic acids is 1. The first kappa shape index (κ1) is 17.3. The molecular weight excluding hydrogens is 350 g/mol. The van der Waals surface area contributed by atoms with Crippen molar-refractivity contribution in [1.29, 1.82) is 0 Å². The summed E-state index contributed by atoms with van der Waals surface area (Å²) in [6.45, 7) is -1.11. The van der Waals surface area contributed by atoms with Crippen molar-refractivity contribution >= 4 is 34.6 Å². The molecule has 1 amide bonds. The number of carbonyl (C=O) groups is 2. The van der Waals surface area contributed by atoms with Crippen molar-refractivity contribution in [3.05, 3.63) is 31.9 Å². The highest BCUT2D eigenvalue weighted by atomic mass is 32.1. The number of aryl methyl sites for hydroxylation is 1. The molecule has 0 aliphatic heterocycles. The van der Waals surface area contributed by atoms with Crippen LogP contribution in [-0.2, 0) is 6.42 Å². The molecule has 6 nitrogen and oxygen atoms in total. The Morgan fingerprint density at radius 3 is 2.83 bits per heavy atom. The van der Waals surface area contributed by atoms with Crippen molar-refractivity contribution in [2.24, 2.45) is 0 Å². The number of ether oxygens (including phenoxy) is 1. The number of carboxylic acids is 1. The van der Waals surface area contributed by atoms with E-state index in [0.717, 1.165) is 11.3 Å². The molecule has 2 heterocycles. The van der Waals surface area contributed by atoms with Gasteiger partial charge in [-0.15, -0.1) is 22.7 Å². The van der Waals surface area contributed by atoms with Gasteiger partial charge in [0.05, 0.1) is 5.01 Å². The van der Waals surface area contributed by atoms with E-state index in [1.807, 2.05) is 0 Å². The van der Waals surface area contributed by atoms with Gasteiger partial charge in [-0.25, -0.2) is 9.78 Å². The lowest BCUT2D eigenvalue weighted by Gasteiger charge is -2.06. The van der Waals surface area contributed by atoms with Crippen LogP contribution >= 0.6 is 22.7 Å². The molecule has 0 radical (unpaired) electrons. The predicted molar refractivity (Wildman–Crippen MR) is 80.8 cm³/mol. The van der Waals surface area contributed by atoms with Crippen molar-refractivity contribution in [3.63, 3.8) is 0 Å². The maximum Gasteiger partial charge on any atom is 0.387 e. The van der Waals surface area contributed by atoms with Gasteiger partial charge in [0.2, 0.25) is 0 Å². The van der Waals surface area contributed by atoms with Crippen LogP contribution in [0.15, 0.2) is 11.4 Å². The predicted octanol–water partition coefficient (Wildman–Crippen LogP) is 2.79. The average Bonchev–Trinajstić information content (AvgIpc) is 3.05. The summed E-state index contributed by atoms with van der Waals surface area (Å²) < 4.78 is 28.9. The quantitative estimate of drug-likeness (QED) is 0.791. The minimum atomic E-state index is -3.00. The standard InChI is InChI=1S/C13H12F2N2O4S2/c1-6-4-8(21-13(14)15)10(23-6)11(18)16-3-2-9-17-7(5-22-9)12(19)20/h4-5,13H,2-3H2,1H3,(H,16,18)(H,19,20). The zero-order valence-corrected chi connectivity index (χ0v) is 13.5. The Hall–Kier alpha value is -2.07. The molecule has 2 aromatic heterocycles. The molecule has 10 heteroatoms. The molecule has 0 aliphatic carbocycles. The van der Waals surface area contributed by atoms with Crippen LogP contribution in [0.2, 0.25) is 0 Å².